The van der Waals surface area contributed by atoms with Gasteiger partial charge in [0.2, 0.25) is 5.91 Å². The molecule has 0 bridgehead atoms. The second kappa shape index (κ2) is 5.74. The normalized spacial score (nSPS) is 19.5. The van der Waals surface area contributed by atoms with Crippen LogP contribution in [0.3, 0.4) is 0 Å². The summed E-state index contributed by atoms with van der Waals surface area (Å²) in [4.78, 5) is 12.2. The molecule has 0 aromatic heterocycles. The minimum absolute atomic E-state index is 0.0743. The molecule has 1 atom stereocenters. The summed E-state index contributed by atoms with van der Waals surface area (Å²) >= 11 is 0. The van der Waals surface area contributed by atoms with Crippen LogP contribution in [0.1, 0.15) is 39.2 Å². The number of benzene rings is 1. The lowest BCUT2D eigenvalue weighted by Gasteiger charge is -2.21. The molecule has 0 aliphatic carbocycles. The van der Waals surface area contributed by atoms with Crippen molar-refractivity contribution >= 4 is 11.6 Å². The minimum atomic E-state index is -0.0743. The average molecular weight is 260 g/mol. The van der Waals surface area contributed by atoms with Crippen molar-refractivity contribution in [1.82, 2.24) is 5.32 Å². The summed E-state index contributed by atoms with van der Waals surface area (Å²) in [6.07, 6.45) is 2.89. The smallest absolute Gasteiger partial charge is 0.241 e. The van der Waals surface area contributed by atoms with Crippen molar-refractivity contribution in [3.63, 3.8) is 0 Å². The molecule has 0 saturated heterocycles. The van der Waals surface area contributed by atoms with Gasteiger partial charge in [-0.05, 0) is 42.9 Å². The van der Waals surface area contributed by atoms with Crippen LogP contribution in [-0.4, -0.2) is 18.5 Å². The minimum Gasteiger partial charge on any atom is -0.324 e. The van der Waals surface area contributed by atoms with Crippen LogP contribution in [0, 0.1) is 5.41 Å². The lowest BCUT2D eigenvalue weighted by molar-refractivity contribution is -0.118. The van der Waals surface area contributed by atoms with Crippen molar-refractivity contribution in [2.24, 2.45) is 5.41 Å². The molecule has 1 aliphatic heterocycles. The van der Waals surface area contributed by atoms with Crippen LogP contribution in [0.2, 0.25) is 0 Å². The number of rotatable bonds is 3. The average Bonchev–Trinajstić information content (AvgIpc) is 2.48. The van der Waals surface area contributed by atoms with Crippen LogP contribution < -0.4 is 10.6 Å². The molecule has 1 heterocycles. The molecule has 0 fully saturated rings. The van der Waals surface area contributed by atoms with E-state index in [0.717, 1.165) is 31.5 Å². The highest BCUT2D eigenvalue weighted by Crippen LogP contribution is 2.22. The highest BCUT2D eigenvalue weighted by molar-refractivity contribution is 5.96. The van der Waals surface area contributed by atoms with Gasteiger partial charge in [-0.25, -0.2) is 0 Å². The van der Waals surface area contributed by atoms with Crippen molar-refractivity contribution in [3.05, 3.63) is 29.8 Å². The van der Waals surface area contributed by atoms with E-state index in [-0.39, 0.29) is 11.9 Å². The standard InChI is InChI=1S/C16H24N2O/c1-16(2,3)10-11-17-14-9-8-12-6-4-5-7-13(12)18-15(14)19/h4-7,14,17H,8-11H2,1-3H3,(H,18,19). The summed E-state index contributed by atoms with van der Waals surface area (Å²) < 4.78 is 0. The van der Waals surface area contributed by atoms with Crippen LogP contribution in [0.4, 0.5) is 5.69 Å². The Labute approximate surface area is 115 Å². The van der Waals surface area contributed by atoms with E-state index in [1.165, 1.54) is 5.56 Å². The quantitative estimate of drug-likeness (QED) is 0.877. The summed E-state index contributed by atoms with van der Waals surface area (Å²) in [7, 11) is 0. The maximum absolute atomic E-state index is 12.2. The van der Waals surface area contributed by atoms with Gasteiger partial charge in [0.05, 0.1) is 6.04 Å². The molecule has 3 nitrogen and oxygen atoms in total. The van der Waals surface area contributed by atoms with E-state index in [1.54, 1.807) is 0 Å². The zero-order valence-corrected chi connectivity index (χ0v) is 12.1. The van der Waals surface area contributed by atoms with Crippen LogP contribution in [0.15, 0.2) is 24.3 Å². The molecule has 2 rings (SSSR count). The number of nitrogens with one attached hydrogen (secondary N) is 2. The molecule has 19 heavy (non-hydrogen) atoms. The Morgan fingerprint density at radius 2 is 2.05 bits per heavy atom. The third-order valence-corrected chi connectivity index (χ3v) is 3.56. The molecule has 104 valence electrons. The fourth-order valence-electron chi connectivity index (χ4n) is 2.33. The predicted octanol–water partition coefficient (Wildman–Crippen LogP) is 2.97. The third-order valence-electron chi connectivity index (χ3n) is 3.56. The number of fused-ring (bicyclic) bond motifs is 1. The molecule has 2 N–H and O–H groups in total. The van der Waals surface area contributed by atoms with Crippen LogP contribution in [0.5, 0.6) is 0 Å². The Bertz CT molecular complexity index is 448. The largest absolute Gasteiger partial charge is 0.324 e. The van der Waals surface area contributed by atoms with Crippen LogP contribution >= 0.6 is 0 Å². The molecular weight excluding hydrogens is 236 g/mol. The second-order valence-electron chi connectivity index (χ2n) is 6.50. The van der Waals surface area contributed by atoms with Crippen LogP contribution in [-0.2, 0) is 11.2 Å². The summed E-state index contributed by atoms with van der Waals surface area (Å²) in [5.74, 6) is 0.0962. The fraction of sp³-hybridized carbons (Fsp3) is 0.562. The van der Waals surface area contributed by atoms with E-state index in [9.17, 15) is 4.79 Å². The predicted molar refractivity (Wildman–Crippen MR) is 79.3 cm³/mol. The first-order valence-electron chi connectivity index (χ1n) is 7.08. The zero-order valence-electron chi connectivity index (χ0n) is 12.1. The molecule has 0 saturated carbocycles. The first-order chi connectivity index (χ1) is 8.96. The number of anilines is 1. The Hall–Kier alpha value is -1.35. The summed E-state index contributed by atoms with van der Waals surface area (Å²) in [6.45, 7) is 7.55. The highest BCUT2D eigenvalue weighted by Gasteiger charge is 2.23. The monoisotopic (exact) mass is 260 g/mol. The molecule has 0 spiro atoms. The van der Waals surface area contributed by atoms with Gasteiger partial charge in [0.15, 0.2) is 0 Å². The molecule has 1 aromatic rings. The molecule has 1 amide bonds. The van der Waals surface area contributed by atoms with E-state index >= 15 is 0 Å². The second-order valence-corrected chi connectivity index (χ2v) is 6.50. The molecule has 1 aliphatic rings. The van der Waals surface area contributed by atoms with Gasteiger partial charge < -0.3 is 10.6 Å². The number of hydrogen-bond donors (Lipinski definition) is 2. The van der Waals surface area contributed by atoms with E-state index in [4.69, 9.17) is 0 Å². The van der Waals surface area contributed by atoms with Gasteiger partial charge in [0, 0.05) is 5.69 Å². The lowest BCUT2D eigenvalue weighted by atomic mass is 9.92. The lowest BCUT2D eigenvalue weighted by Crippen LogP contribution is -2.41. The summed E-state index contributed by atoms with van der Waals surface area (Å²) in [5.41, 5.74) is 2.50. The number of amides is 1. The number of aryl methyl sites for hydroxylation is 1. The topological polar surface area (TPSA) is 41.1 Å². The molecule has 0 radical (unpaired) electrons. The molecule has 1 aromatic carbocycles. The summed E-state index contributed by atoms with van der Waals surface area (Å²) in [6, 6.07) is 7.98. The number of para-hydroxylation sites is 1. The van der Waals surface area contributed by atoms with Crippen molar-refractivity contribution in [1.29, 1.82) is 0 Å². The van der Waals surface area contributed by atoms with Crippen molar-refractivity contribution in [2.45, 2.75) is 46.1 Å². The maximum Gasteiger partial charge on any atom is 0.241 e. The van der Waals surface area contributed by atoms with Gasteiger partial charge in [-0.2, -0.15) is 0 Å². The van der Waals surface area contributed by atoms with Gasteiger partial charge in [-0.1, -0.05) is 39.0 Å². The third kappa shape index (κ3) is 4.06. The first kappa shape index (κ1) is 14.1. The van der Waals surface area contributed by atoms with Gasteiger partial charge in [0.1, 0.15) is 0 Å². The molecule has 3 heteroatoms. The Morgan fingerprint density at radius 3 is 2.79 bits per heavy atom. The Morgan fingerprint density at radius 1 is 1.32 bits per heavy atom. The van der Waals surface area contributed by atoms with E-state index in [1.807, 2.05) is 18.2 Å². The van der Waals surface area contributed by atoms with E-state index in [2.05, 4.69) is 37.5 Å². The van der Waals surface area contributed by atoms with Gasteiger partial charge in [-0.15, -0.1) is 0 Å². The number of hydrogen-bond acceptors (Lipinski definition) is 2. The Balaban J connectivity index is 1.93. The fourth-order valence-corrected chi connectivity index (χ4v) is 2.33. The van der Waals surface area contributed by atoms with E-state index in [0.29, 0.717) is 5.41 Å². The number of carbonyl (C=O) groups excluding carboxylic acids is 1. The first-order valence-corrected chi connectivity index (χ1v) is 7.08. The van der Waals surface area contributed by atoms with Crippen LogP contribution in [0.25, 0.3) is 0 Å². The maximum atomic E-state index is 12.2. The Kier molecular flexibility index (Phi) is 4.25. The van der Waals surface area contributed by atoms with E-state index < -0.39 is 0 Å². The van der Waals surface area contributed by atoms with Gasteiger partial charge >= 0.3 is 0 Å². The SMILES string of the molecule is CC(C)(C)CCNC1CCc2ccccc2NC1=O. The molecular formula is C16H24N2O. The number of carbonyl (C=O) groups is 1. The van der Waals surface area contributed by atoms with Crippen molar-refractivity contribution in [2.75, 3.05) is 11.9 Å². The zero-order chi connectivity index (χ0) is 13.9. The van der Waals surface area contributed by atoms with Gasteiger partial charge in [0.25, 0.3) is 0 Å². The molecule has 1 unspecified atom stereocenters. The van der Waals surface area contributed by atoms with Crippen molar-refractivity contribution in [3.8, 4) is 0 Å². The van der Waals surface area contributed by atoms with Crippen molar-refractivity contribution < 1.29 is 4.79 Å². The highest BCUT2D eigenvalue weighted by atomic mass is 16.2. The summed E-state index contributed by atoms with van der Waals surface area (Å²) in [5, 5.41) is 6.41. The van der Waals surface area contributed by atoms with Gasteiger partial charge in [-0.3, -0.25) is 4.79 Å².